The minimum atomic E-state index is -3.49. The van der Waals surface area contributed by atoms with E-state index in [2.05, 4.69) is 5.16 Å². The number of esters is 1. The van der Waals surface area contributed by atoms with Crippen LogP contribution in [0.25, 0.3) is 0 Å². The molecule has 0 aliphatic heterocycles. The molecule has 0 bridgehead atoms. The van der Waals surface area contributed by atoms with Crippen LogP contribution in [0.15, 0.2) is 39.8 Å². The lowest BCUT2D eigenvalue weighted by atomic mass is 10.2. The molecule has 0 N–H and O–H groups in total. The maximum absolute atomic E-state index is 12.1. The molecule has 0 fully saturated rings. The molecular weight excluding hydrogens is 294 g/mol. The Kier molecular flexibility index (Phi) is 4.42. The highest BCUT2D eigenvalue weighted by Crippen LogP contribution is 2.18. The van der Waals surface area contributed by atoms with Crippen molar-refractivity contribution in [1.82, 2.24) is 5.16 Å². The van der Waals surface area contributed by atoms with E-state index in [1.165, 1.54) is 19.1 Å². The molecule has 6 nitrogen and oxygen atoms in total. The van der Waals surface area contributed by atoms with Gasteiger partial charge < -0.3 is 9.26 Å². The zero-order valence-corrected chi connectivity index (χ0v) is 12.5. The highest BCUT2D eigenvalue weighted by molar-refractivity contribution is 7.91. The van der Waals surface area contributed by atoms with Crippen LogP contribution >= 0.6 is 0 Å². The maximum Gasteiger partial charge on any atom is 0.339 e. The normalized spacial score (nSPS) is 11.3. The second-order valence-corrected chi connectivity index (χ2v) is 6.65. The molecule has 0 unspecified atom stereocenters. The molecule has 1 heterocycles. The number of nitrogens with zero attached hydrogens (tertiary/aromatic N) is 1. The SMILES string of the molecule is CCS(=O)(=O)c1ccccc1C(=O)OCc1cc(C)on1. The molecule has 112 valence electrons. The summed E-state index contributed by atoms with van der Waals surface area (Å²) < 4.78 is 33.9. The number of hydrogen-bond donors (Lipinski definition) is 0. The second kappa shape index (κ2) is 6.09. The molecule has 7 heteroatoms. The fourth-order valence-corrected chi connectivity index (χ4v) is 2.85. The zero-order chi connectivity index (χ0) is 15.5. The maximum atomic E-state index is 12.1. The Labute approximate surface area is 122 Å². The van der Waals surface area contributed by atoms with Gasteiger partial charge in [-0.15, -0.1) is 0 Å². The quantitative estimate of drug-likeness (QED) is 0.786. The van der Waals surface area contributed by atoms with Crippen molar-refractivity contribution in [3.8, 4) is 0 Å². The van der Waals surface area contributed by atoms with E-state index < -0.39 is 15.8 Å². The lowest BCUT2D eigenvalue weighted by molar-refractivity contribution is 0.0459. The summed E-state index contributed by atoms with van der Waals surface area (Å²) in [6, 6.07) is 7.63. The molecule has 1 aromatic heterocycles. The van der Waals surface area contributed by atoms with Crippen molar-refractivity contribution in [2.45, 2.75) is 25.3 Å². The summed E-state index contributed by atoms with van der Waals surface area (Å²) in [5.41, 5.74) is 0.497. The molecule has 0 amide bonds. The third kappa shape index (κ3) is 3.49. The van der Waals surface area contributed by atoms with E-state index in [9.17, 15) is 13.2 Å². The van der Waals surface area contributed by atoms with Crippen LogP contribution in [0.3, 0.4) is 0 Å². The number of aryl methyl sites for hydroxylation is 1. The van der Waals surface area contributed by atoms with Crippen LogP contribution in [0.1, 0.15) is 28.7 Å². The smallest absolute Gasteiger partial charge is 0.339 e. The standard InChI is InChI=1S/C14H15NO5S/c1-3-21(17,18)13-7-5-4-6-12(13)14(16)19-9-11-8-10(2)20-15-11/h4-8H,3,9H2,1-2H3. The molecule has 0 radical (unpaired) electrons. The average molecular weight is 309 g/mol. The molecule has 2 aromatic rings. The third-order valence-corrected chi connectivity index (χ3v) is 4.64. The molecule has 0 saturated carbocycles. The van der Waals surface area contributed by atoms with Crippen LogP contribution in [0.5, 0.6) is 0 Å². The largest absolute Gasteiger partial charge is 0.455 e. The van der Waals surface area contributed by atoms with E-state index in [0.29, 0.717) is 11.5 Å². The van der Waals surface area contributed by atoms with Crippen molar-refractivity contribution in [2.75, 3.05) is 5.75 Å². The molecule has 2 rings (SSSR count). The van der Waals surface area contributed by atoms with Gasteiger partial charge in [0.15, 0.2) is 9.84 Å². The van der Waals surface area contributed by atoms with Crippen LogP contribution in [0, 0.1) is 6.92 Å². The Bertz CT molecular complexity index is 748. The van der Waals surface area contributed by atoms with E-state index in [1.807, 2.05) is 0 Å². The first-order valence-electron chi connectivity index (χ1n) is 6.35. The second-order valence-electron chi connectivity index (χ2n) is 4.40. The van der Waals surface area contributed by atoms with E-state index in [-0.39, 0.29) is 22.8 Å². The van der Waals surface area contributed by atoms with Crippen molar-refractivity contribution < 1.29 is 22.5 Å². The molecule has 0 atom stereocenters. The predicted octanol–water partition coefficient (Wildman–Crippen LogP) is 2.13. The fraction of sp³-hybridized carbons (Fsp3) is 0.286. The molecule has 21 heavy (non-hydrogen) atoms. The minimum absolute atomic E-state index is 0.0196. The summed E-state index contributed by atoms with van der Waals surface area (Å²) in [5, 5.41) is 3.70. The summed E-state index contributed by atoms with van der Waals surface area (Å²) >= 11 is 0. The minimum Gasteiger partial charge on any atom is -0.455 e. The average Bonchev–Trinajstić information content (AvgIpc) is 2.90. The van der Waals surface area contributed by atoms with E-state index in [1.54, 1.807) is 25.1 Å². The number of carbonyl (C=O) groups is 1. The summed E-state index contributed by atoms with van der Waals surface area (Å²) in [4.78, 5) is 12.0. The Morgan fingerprint density at radius 2 is 2.05 bits per heavy atom. The first-order chi connectivity index (χ1) is 9.94. The number of rotatable bonds is 5. The molecule has 0 aliphatic rings. The summed E-state index contributed by atoms with van der Waals surface area (Å²) in [5.74, 6) is -0.182. The van der Waals surface area contributed by atoms with Gasteiger partial charge in [-0.3, -0.25) is 0 Å². The number of sulfone groups is 1. The molecule has 0 spiro atoms. The van der Waals surface area contributed by atoms with Crippen molar-refractivity contribution in [3.05, 3.63) is 47.3 Å². The van der Waals surface area contributed by atoms with E-state index in [4.69, 9.17) is 9.26 Å². The first kappa shape index (κ1) is 15.2. The lowest BCUT2D eigenvalue weighted by Gasteiger charge is -2.08. The summed E-state index contributed by atoms with van der Waals surface area (Å²) in [7, 11) is -3.49. The van der Waals surface area contributed by atoms with Crippen LogP contribution in [0.4, 0.5) is 0 Å². The van der Waals surface area contributed by atoms with Gasteiger partial charge in [0.25, 0.3) is 0 Å². The first-order valence-corrected chi connectivity index (χ1v) is 8.00. The van der Waals surface area contributed by atoms with Gasteiger partial charge in [-0.1, -0.05) is 24.2 Å². The van der Waals surface area contributed by atoms with Gasteiger partial charge in [0, 0.05) is 6.07 Å². The van der Waals surface area contributed by atoms with Crippen molar-refractivity contribution in [2.24, 2.45) is 0 Å². The fourth-order valence-electron chi connectivity index (χ4n) is 1.77. The number of carbonyl (C=O) groups excluding carboxylic acids is 1. The zero-order valence-electron chi connectivity index (χ0n) is 11.7. The van der Waals surface area contributed by atoms with Crippen molar-refractivity contribution in [3.63, 3.8) is 0 Å². The van der Waals surface area contributed by atoms with Crippen molar-refractivity contribution >= 4 is 15.8 Å². The van der Waals surface area contributed by atoms with E-state index >= 15 is 0 Å². The van der Waals surface area contributed by atoms with Crippen LogP contribution in [-0.4, -0.2) is 25.3 Å². The van der Waals surface area contributed by atoms with Gasteiger partial charge in [0.2, 0.25) is 0 Å². The number of benzene rings is 1. The number of hydrogen-bond acceptors (Lipinski definition) is 6. The van der Waals surface area contributed by atoms with Crippen LogP contribution in [0.2, 0.25) is 0 Å². The Balaban J connectivity index is 2.20. The van der Waals surface area contributed by atoms with E-state index in [0.717, 1.165) is 0 Å². The van der Waals surface area contributed by atoms with Crippen molar-refractivity contribution in [1.29, 1.82) is 0 Å². The van der Waals surface area contributed by atoms with Gasteiger partial charge in [0.05, 0.1) is 16.2 Å². The molecule has 0 aliphatic carbocycles. The number of ether oxygens (including phenoxy) is 1. The Hall–Kier alpha value is -2.15. The summed E-state index contributed by atoms with van der Waals surface area (Å²) in [6.45, 7) is 3.17. The van der Waals surface area contributed by atoms with Gasteiger partial charge in [-0.25, -0.2) is 13.2 Å². The highest BCUT2D eigenvalue weighted by Gasteiger charge is 2.21. The summed E-state index contributed by atoms with van der Waals surface area (Å²) in [6.07, 6.45) is 0. The van der Waals surface area contributed by atoms with Crippen LogP contribution in [-0.2, 0) is 21.2 Å². The Morgan fingerprint density at radius 3 is 2.67 bits per heavy atom. The monoisotopic (exact) mass is 309 g/mol. The lowest BCUT2D eigenvalue weighted by Crippen LogP contribution is -2.13. The highest BCUT2D eigenvalue weighted by atomic mass is 32.2. The van der Waals surface area contributed by atoms with Gasteiger partial charge in [0.1, 0.15) is 18.1 Å². The van der Waals surface area contributed by atoms with Gasteiger partial charge in [-0.2, -0.15) is 0 Å². The predicted molar refractivity (Wildman–Crippen MR) is 74.5 cm³/mol. The molecular formula is C14H15NO5S. The van der Waals surface area contributed by atoms with Gasteiger partial charge >= 0.3 is 5.97 Å². The third-order valence-electron chi connectivity index (χ3n) is 2.85. The topological polar surface area (TPSA) is 86.5 Å². The van der Waals surface area contributed by atoms with Crippen LogP contribution < -0.4 is 0 Å². The number of aromatic nitrogens is 1. The van der Waals surface area contributed by atoms with Gasteiger partial charge in [-0.05, 0) is 19.1 Å². The molecule has 1 aromatic carbocycles. The molecule has 0 saturated heterocycles. The Morgan fingerprint density at radius 1 is 1.33 bits per heavy atom.